The first-order chi connectivity index (χ1) is 9.72. The van der Waals surface area contributed by atoms with Gasteiger partial charge in [-0.15, -0.1) is 0 Å². The maximum absolute atomic E-state index is 12.4. The molecular formula is C13H13ClN2O4S. The Hall–Kier alpha value is -1.99. The molecule has 0 spiro atoms. The van der Waals surface area contributed by atoms with E-state index in [1.165, 1.54) is 26.0 Å². The maximum Gasteiger partial charge on any atom is 0.352 e. The Morgan fingerprint density at radius 1 is 1.24 bits per heavy atom. The van der Waals surface area contributed by atoms with Gasteiger partial charge in [-0.25, -0.2) is 13.2 Å². The zero-order chi connectivity index (χ0) is 15.8. The highest BCUT2D eigenvalue weighted by molar-refractivity contribution is 7.92. The molecule has 3 N–H and O–H groups in total. The molecule has 0 aliphatic carbocycles. The van der Waals surface area contributed by atoms with Crippen LogP contribution in [0.2, 0.25) is 5.02 Å². The van der Waals surface area contributed by atoms with Crippen LogP contribution in [0.25, 0.3) is 0 Å². The van der Waals surface area contributed by atoms with E-state index >= 15 is 0 Å². The molecule has 0 saturated carbocycles. The molecule has 0 bridgehead atoms. The van der Waals surface area contributed by atoms with Crippen molar-refractivity contribution in [3.63, 3.8) is 0 Å². The second-order valence-corrected chi connectivity index (χ2v) is 6.55. The van der Waals surface area contributed by atoms with Gasteiger partial charge >= 0.3 is 5.97 Å². The first-order valence-electron chi connectivity index (χ1n) is 5.93. The minimum atomic E-state index is -3.89. The Bertz CT molecular complexity index is 794. The Balaban J connectivity index is 2.45. The summed E-state index contributed by atoms with van der Waals surface area (Å²) in [6.07, 6.45) is 0. The van der Waals surface area contributed by atoms with Gasteiger partial charge in [0.15, 0.2) is 0 Å². The van der Waals surface area contributed by atoms with Crippen molar-refractivity contribution in [2.24, 2.45) is 0 Å². The van der Waals surface area contributed by atoms with Gasteiger partial charge in [-0.05, 0) is 38.1 Å². The number of aryl methyl sites for hydroxylation is 1. The van der Waals surface area contributed by atoms with E-state index in [4.69, 9.17) is 16.7 Å². The van der Waals surface area contributed by atoms with E-state index in [1.54, 1.807) is 12.1 Å². The minimum Gasteiger partial charge on any atom is -0.477 e. The lowest BCUT2D eigenvalue weighted by molar-refractivity contribution is 0.0690. The van der Waals surface area contributed by atoms with Crippen molar-refractivity contribution in [1.82, 2.24) is 4.98 Å². The van der Waals surface area contributed by atoms with Crippen LogP contribution in [-0.4, -0.2) is 24.5 Å². The van der Waals surface area contributed by atoms with Crippen LogP contribution in [0.3, 0.4) is 0 Å². The number of carbonyl (C=O) groups is 1. The van der Waals surface area contributed by atoms with Gasteiger partial charge in [0.2, 0.25) is 0 Å². The van der Waals surface area contributed by atoms with Crippen molar-refractivity contribution < 1.29 is 18.3 Å². The molecule has 0 fully saturated rings. The second kappa shape index (κ2) is 5.42. The number of sulfonamides is 1. The maximum atomic E-state index is 12.4. The molecule has 0 radical (unpaired) electrons. The van der Waals surface area contributed by atoms with Crippen molar-refractivity contribution in [1.29, 1.82) is 0 Å². The number of carboxylic acids is 1. The van der Waals surface area contributed by atoms with Crippen LogP contribution >= 0.6 is 11.6 Å². The molecule has 0 amide bonds. The Morgan fingerprint density at radius 3 is 2.29 bits per heavy atom. The van der Waals surface area contributed by atoms with E-state index in [0.29, 0.717) is 10.7 Å². The molecule has 0 aliphatic rings. The fourth-order valence-corrected chi connectivity index (χ4v) is 3.71. The number of aromatic carboxylic acids is 1. The summed E-state index contributed by atoms with van der Waals surface area (Å²) in [6, 6.07) is 6.16. The van der Waals surface area contributed by atoms with E-state index in [2.05, 4.69) is 9.71 Å². The predicted octanol–water partition coefficient (Wildman–Crippen LogP) is 2.78. The van der Waals surface area contributed by atoms with Gasteiger partial charge in [0.25, 0.3) is 10.0 Å². The summed E-state index contributed by atoms with van der Waals surface area (Å²) in [5.74, 6) is -1.21. The van der Waals surface area contributed by atoms with Crippen LogP contribution in [0, 0.1) is 13.8 Å². The molecule has 21 heavy (non-hydrogen) atoms. The van der Waals surface area contributed by atoms with Crippen LogP contribution < -0.4 is 4.72 Å². The summed E-state index contributed by atoms with van der Waals surface area (Å²) in [5, 5.41) is 9.51. The molecule has 112 valence electrons. The summed E-state index contributed by atoms with van der Waals surface area (Å²) < 4.78 is 27.2. The third-order valence-corrected chi connectivity index (χ3v) is 4.85. The third kappa shape index (κ3) is 3.03. The molecule has 2 rings (SSSR count). The molecule has 6 nitrogen and oxygen atoms in total. The zero-order valence-electron chi connectivity index (χ0n) is 11.3. The summed E-state index contributed by atoms with van der Waals surface area (Å²) in [4.78, 5) is 13.6. The number of aromatic amines is 1. The summed E-state index contributed by atoms with van der Waals surface area (Å²) in [5.41, 5.74) is 0.646. The Kier molecular flexibility index (Phi) is 3.97. The summed E-state index contributed by atoms with van der Waals surface area (Å²) in [6.45, 7) is 2.96. The smallest absolute Gasteiger partial charge is 0.352 e. The molecule has 2 aromatic rings. The largest absolute Gasteiger partial charge is 0.477 e. The number of anilines is 1. The first-order valence-corrected chi connectivity index (χ1v) is 7.79. The van der Waals surface area contributed by atoms with Crippen LogP contribution in [-0.2, 0) is 10.0 Å². The molecule has 0 saturated heterocycles. The highest BCUT2D eigenvalue weighted by atomic mass is 35.5. The van der Waals surface area contributed by atoms with E-state index in [-0.39, 0.29) is 21.8 Å². The SMILES string of the molecule is Cc1[nH]c(C(=O)O)c(C)c1S(=O)(=O)Nc1ccc(Cl)cc1. The number of carboxylic acid groups (broad SMARTS) is 1. The topological polar surface area (TPSA) is 99.3 Å². The van der Waals surface area contributed by atoms with Crippen LogP contribution in [0.5, 0.6) is 0 Å². The van der Waals surface area contributed by atoms with E-state index in [0.717, 1.165) is 0 Å². The minimum absolute atomic E-state index is 0.0603. The Morgan fingerprint density at radius 2 is 1.81 bits per heavy atom. The zero-order valence-corrected chi connectivity index (χ0v) is 12.8. The second-order valence-electron chi connectivity index (χ2n) is 4.50. The van der Waals surface area contributed by atoms with Gasteiger partial charge in [0.05, 0.1) is 0 Å². The Labute approximate surface area is 126 Å². The summed E-state index contributed by atoms with van der Waals surface area (Å²) >= 11 is 5.74. The highest BCUT2D eigenvalue weighted by Crippen LogP contribution is 2.26. The van der Waals surface area contributed by atoms with Crippen LogP contribution in [0.15, 0.2) is 29.2 Å². The molecule has 8 heteroatoms. The van der Waals surface area contributed by atoms with Gasteiger partial charge in [0, 0.05) is 22.0 Å². The van der Waals surface area contributed by atoms with Crippen molar-refractivity contribution in [3.05, 3.63) is 46.2 Å². The molecule has 0 unspecified atom stereocenters. The lowest BCUT2D eigenvalue weighted by atomic mass is 10.2. The first kappa shape index (κ1) is 15.4. The molecular weight excluding hydrogens is 316 g/mol. The van der Waals surface area contributed by atoms with Crippen molar-refractivity contribution in [3.8, 4) is 0 Å². The number of benzene rings is 1. The highest BCUT2D eigenvalue weighted by Gasteiger charge is 2.26. The number of hydrogen-bond donors (Lipinski definition) is 3. The van der Waals surface area contributed by atoms with Crippen LogP contribution in [0.1, 0.15) is 21.7 Å². The van der Waals surface area contributed by atoms with Crippen molar-refractivity contribution in [2.45, 2.75) is 18.7 Å². The van der Waals surface area contributed by atoms with Gasteiger partial charge < -0.3 is 10.1 Å². The van der Waals surface area contributed by atoms with Gasteiger partial charge in [-0.1, -0.05) is 11.6 Å². The third-order valence-electron chi connectivity index (χ3n) is 2.95. The molecule has 0 atom stereocenters. The standard InChI is InChI=1S/C13H13ClN2O4S/c1-7-11(13(17)18)15-8(2)12(7)21(19,20)16-10-5-3-9(14)4-6-10/h3-6,15-16H,1-2H3,(H,17,18). The average molecular weight is 329 g/mol. The molecule has 1 aromatic heterocycles. The monoisotopic (exact) mass is 328 g/mol. The van der Waals surface area contributed by atoms with Crippen molar-refractivity contribution in [2.75, 3.05) is 4.72 Å². The fraction of sp³-hybridized carbons (Fsp3) is 0.154. The van der Waals surface area contributed by atoms with Crippen LogP contribution in [0.4, 0.5) is 5.69 Å². The molecule has 0 aliphatic heterocycles. The lowest BCUT2D eigenvalue weighted by Gasteiger charge is -2.09. The number of hydrogen-bond acceptors (Lipinski definition) is 3. The van der Waals surface area contributed by atoms with Gasteiger partial charge in [-0.2, -0.15) is 0 Å². The van der Waals surface area contributed by atoms with Gasteiger partial charge in [-0.3, -0.25) is 4.72 Å². The predicted molar refractivity (Wildman–Crippen MR) is 79.5 cm³/mol. The summed E-state index contributed by atoms with van der Waals surface area (Å²) in [7, 11) is -3.89. The number of nitrogens with one attached hydrogen (secondary N) is 2. The molecule has 1 heterocycles. The van der Waals surface area contributed by atoms with E-state index in [1.807, 2.05) is 0 Å². The van der Waals surface area contributed by atoms with Crippen molar-refractivity contribution >= 4 is 33.3 Å². The van der Waals surface area contributed by atoms with E-state index in [9.17, 15) is 13.2 Å². The number of rotatable bonds is 4. The average Bonchev–Trinajstić information content (AvgIpc) is 2.68. The normalized spacial score (nSPS) is 11.4. The molecule has 1 aromatic carbocycles. The van der Waals surface area contributed by atoms with E-state index < -0.39 is 16.0 Å². The number of aromatic nitrogens is 1. The lowest BCUT2D eigenvalue weighted by Crippen LogP contribution is -2.14. The quantitative estimate of drug-likeness (QED) is 0.803. The fourth-order valence-electron chi connectivity index (χ4n) is 2.07. The van der Waals surface area contributed by atoms with Gasteiger partial charge in [0.1, 0.15) is 10.6 Å². The number of H-pyrrole nitrogens is 1. The number of halogens is 1.